The zero-order valence-electron chi connectivity index (χ0n) is 28.0. The Bertz CT molecular complexity index is 2260. The number of anilines is 6. The number of rotatable bonds is 2. The average molecular weight is 619 g/mol. The molecule has 6 aromatic rings. The maximum atomic E-state index is 2.57. The van der Waals surface area contributed by atoms with Gasteiger partial charge in [-0.3, -0.25) is 0 Å². The molecule has 0 aromatic heterocycles. The largest absolute Gasteiger partial charge is 0.311 e. The first kappa shape index (κ1) is 28.0. The van der Waals surface area contributed by atoms with E-state index in [2.05, 4.69) is 164 Å². The van der Waals surface area contributed by atoms with E-state index in [4.69, 9.17) is 0 Å². The SMILES string of the molecule is CC(C)(C)c1ccc2c(c1)B1c3ccccc3N(c3ccccc3)c3cccc(c31)N2c1ccc2c(c1)-c1ccccc1C21CCCC1. The lowest BCUT2D eigenvalue weighted by Crippen LogP contribution is -2.61. The van der Waals surface area contributed by atoms with Crippen LogP contribution in [0.1, 0.15) is 63.1 Å². The predicted molar refractivity (Wildman–Crippen MR) is 204 cm³/mol. The molecule has 3 heteroatoms. The van der Waals surface area contributed by atoms with E-state index in [-0.39, 0.29) is 17.5 Å². The van der Waals surface area contributed by atoms with E-state index in [9.17, 15) is 0 Å². The molecular weight excluding hydrogens is 579 g/mol. The summed E-state index contributed by atoms with van der Waals surface area (Å²) in [5.41, 5.74) is 19.1. The summed E-state index contributed by atoms with van der Waals surface area (Å²) < 4.78 is 0. The van der Waals surface area contributed by atoms with E-state index in [1.807, 2.05) is 0 Å². The second kappa shape index (κ2) is 10.00. The molecule has 4 aliphatic rings. The van der Waals surface area contributed by atoms with Crippen LogP contribution in [0.3, 0.4) is 0 Å². The summed E-state index contributed by atoms with van der Waals surface area (Å²) in [6.07, 6.45) is 5.12. The van der Waals surface area contributed by atoms with Crippen LogP contribution in [0.2, 0.25) is 0 Å². The third kappa shape index (κ3) is 3.76. The third-order valence-electron chi connectivity index (χ3n) is 11.7. The lowest BCUT2D eigenvalue weighted by molar-refractivity contribution is 0.550. The zero-order valence-corrected chi connectivity index (χ0v) is 28.0. The molecule has 2 nitrogen and oxygen atoms in total. The Kier molecular flexibility index (Phi) is 5.84. The van der Waals surface area contributed by atoms with Crippen molar-refractivity contribution in [3.8, 4) is 11.1 Å². The summed E-state index contributed by atoms with van der Waals surface area (Å²) in [7, 11) is 0. The first-order valence-corrected chi connectivity index (χ1v) is 17.7. The van der Waals surface area contributed by atoms with Gasteiger partial charge in [0.05, 0.1) is 0 Å². The molecule has 232 valence electrons. The normalized spacial score (nSPS) is 16.4. The van der Waals surface area contributed by atoms with Crippen molar-refractivity contribution in [1.29, 1.82) is 0 Å². The molecule has 48 heavy (non-hydrogen) atoms. The summed E-state index contributed by atoms with van der Waals surface area (Å²) in [5, 5.41) is 0. The lowest BCUT2D eigenvalue weighted by atomic mass is 9.33. The summed E-state index contributed by atoms with van der Waals surface area (Å²) in [6, 6.07) is 50.8. The molecule has 10 rings (SSSR count). The van der Waals surface area contributed by atoms with Crippen LogP contribution in [0.25, 0.3) is 11.1 Å². The molecule has 2 aliphatic heterocycles. The standard InChI is InChI=1S/C45H39BN2/c1-44(2,3)30-22-25-40-38(28-30)46-37-18-9-10-19-39(37)47(31-14-5-4-6-15-31)41-20-13-21-42(43(41)46)48(40)32-23-24-36-34(29-32)33-16-7-8-17-35(33)45(36)26-11-12-27-45/h4-10,13-25,28-29H,11-12,26-27H2,1-3H3. The fraction of sp³-hybridized carbons (Fsp3) is 0.200. The lowest BCUT2D eigenvalue weighted by Gasteiger charge is -2.44. The Morgan fingerprint density at radius 3 is 1.96 bits per heavy atom. The molecule has 2 heterocycles. The molecule has 1 fully saturated rings. The van der Waals surface area contributed by atoms with E-state index >= 15 is 0 Å². The molecule has 0 atom stereocenters. The highest BCUT2D eigenvalue weighted by molar-refractivity contribution is 7.00. The predicted octanol–water partition coefficient (Wildman–Crippen LogP) is 9.91. The zero-order chi connectivity index (χ0) is 32.2. The van der Waals surface area contributed by atoms with Gasteiger partial charge in [-0.15, -0.1) is 0 Å². The Balaban J connectivity index is 1.25. The first-order chi connectivity index (χ1) is 23.4. The minimum atomic E-state index is 0.0385. The van der Waals surface area contributed by atoms with E-state index in [1.165, 1.54) is 104 Å². The Labute approximate surface area is 284 Å². The second-order valence-electron chi connectivity index (χ2n) is 15.3. The van der Waals surface area contributed by atoms with Crippen molar-refractivity contribution in [2.75, 3.05) is 9.80 Å². The van der Waals surface area contributed by atoms with Crippen LogP contribution in [0, 0.1) is 0 Å². The Morgan fingerprint density at radius 2 is 1.17 bits per heavy atom. The highest BCUT2D eigenvalue weighted by Crippen LogP contribution is 2.58. The van der Waals surface area contributed by atoms with Gasteiger partial charge >= 0.3 is 0 Å². The average Bonchev–Trinajstić information content (AvgIpc) is 3.72. The van der Waals surface area contributed by atoms with Gasteiger partial charge in [0.1, 0.15) is 0 Å². The van der Waals surface area contributed by atoms with E-state index in [0.29, 0.717) is 0 Å². The van der Waals surface area contributed by atoms with Crippen LogP contribution in [-0.2, 0) is 10.8 Å². The quantitative estimate of drug-likeness (QED) is 0.178. The molecule has 0 N–H and O–H groups in total. The van der Waals surface area contributed by atoms with Crippen molar-refractivity contribution < 1.29 is 0 Å². The highest BCUT2D eigenvalue weighted by atomic mass is 15.2. The topological polar surface area (TPSA) is 6.48 Å². The van der Waals surface area contributed by atoms with Gasteiger partial charge in [0.15, 0.2) is 0 Å². The second-order valence-corrected chi connectivity index (χ2v) is 15.3. The van der Waals surface area contributed by atoms with Crippen molar-refractivity contribution in [2.45, 2.75) is 57.3 Å². The van der Waals surface area contributed by atoms with Gasteiger partial charge in [0.25, 0.3) is 6.71 Å². The van der Waals surface area contributed by atoms with E-state index in [0.717, 1.165) is 0 Å². The molecular formula is C45H39BN2. The number of hydrogen-bond acceptors (Lipinski definition) is 2. The van der Waals surface area contributed by atoms with Crippen LogP contribution in [0.5, 0.6) is 0 Å². The Morgan fingerprint density at radius 1 is 0.521 bits per heavy atom. The molecule has 1 saturated carbocycles. The third-order valence-corrected chi connectivity index (χ3v) is 11.7. The number of hydrogen-bond donors (Lipinski definition) is 0. The fourth-order valence-corrected chi connectivity index (χ4v) is 9.60. The maximum absolute atomic E-state index is 2.57. The van der Waals surface area contributed by atoms with Crippen LogP contribution in [0.15, 0.2) is 133 Å². The van der Waals surface area contributed by atoms with Gasteiger partial charge in [-0.25, -0.2) is 0 Å². The molecule has 0 amide bonds. The van der Waals surface area contributed by atoms with Crippen molar-refractivity contribution in [2.24, 2.45) is 0 Å². The van der Waals surface area contributed by atoms with Crippen LogP contribution in [0.4, 0.5) is 34.1 Å². The van der Waals surface area contributed by atoms with Gasteiger partial charge < -0.3 is 9.80 Å². The number of para-hydroxylation sites is 2. The van der Waals surface area contributed by atoms with Gasteiger partial charge in [-0.1, -0.05) is 119 Å². The smallest absolute Gasteiger partial charge is 0.252 e. The van der Waals surface area contributed by atoms with Crippen molar-refractivity contribution in [3.63, 3.8) is 0 Å². The minimum absolute atomic E-state index is 0.0385. The molecule has 1 spiro atoms. The van der Waals surface area contributed by atoms with Gasteiger partial charge in [0.2, 0.25) is 0 Å². The van der Waals surface area contributed by atoms with Crippen molar-refractivity contribution >= 4 is 57.2 Å². The monoisotopic (exact) mass is 618 g/mol. The highest BCUT2D eigenvalue weighted by Gasteiger charge is 2.46. The molecule has 0 radical (unpaired) electrons. The Hall–Kier alpha value is -5.02. The molecule has 6 aromatic carbocycles. The van der Waals surface area contributed by atoms with Crippen molar-refractivity contribution in [3.05, 3.63) is 150 Å². The van der Waals surface area contributed by atoms with Gasteiger partial charge in [0, 0.05) is 39.5 Å². The van der Waals surface area contributed by atoms with E-state index < -0.39 is 0 Å². The van der Waals surface area contributed by atoms with Crippen molar-refractivity contribution in [1.82, 2.24) is 0 Å². The molecule has 0 unspecified atom stereocenters. The molecule has 0 saturated heterocycles. The number of nitrogens with zero attached hydrogens (tertiary/aromatic N) is 2. The van der Waals surface area contributed by atoms with Gasteiger partial charge in [-0.05, 0) is 111 Å². The first-order valence-electron chi connectivity index (χ1n) is 17.7. The van der Waals surface area contributed by atoms with Crippen LogP contribution >= 0.6 is 0 Å². The molecule has 2 aliphatic carbocycles. The summed E-state index contributed by atoms with van der Waals surface area (Å²) >= 11 is 0. The number of benzene rings is 6. The van der Waals surface area contributed by atoms with Crippen LogP contribution in [-0.4, -0.2) is 6.71 Å². The number of fused-ring (bicyclic) bond motifs is 9. The summed E-state index contributed by atoms with van der Waals surface area (Å²) in [6.45, 7) is 7.13. The van der Waals surface area contributed by atoms with E-state index in [1.54, 1.807) is 0 Å². The minimum Gasteiger partial charge on any atom is -0.311 e. The summed E-state index contributed by atoms with van der Waals surface area (Å²) in [5.74, 6) is 0. The maximum Gasteiger partial charge on any atom is 0.252 e. The molecule has 0 bridgehead atoms. The van der Waals surface area contributed by atoms with Crippen LogP contribution < -0.4 is 26.2 Å². The summed E-state index contributed by atoms with van der Waals surface area (Å²) in [4.78, 5) is 5.04. The van der Waals surface area contributed by atoms with Gasteiger partial charge in [-0.2, -0.15) is 0 Å². The fourth-order valence-electron chi connectivity index (χ4n) is 9.60.